The zero-order valence-corrected chi connectivity index (χ0v) is 15.0. The van der Waals surface area contributed by atoms with Crippen molar-refractivity contribution in [2.24, 2.45) is 0 Å². The number of Topliss-reactive ketones (excluding diaryl/α,β-unsaturated/α-hetero) is 1. The molecule has 0 fully saturated rings. The molecule has 4 heteroatoms. The van der Waals surface area contributed by atoms with Crippen molar-refractivity contribution in [2.75, 3.05) is 0 Å². The summed E-state index contributed by atoms with van der Waals surface area (Å²) >= 11 is 7.95. The molecule has 0 amide bonds. The molecular formula is C21H17ClO2S. The molecule has 1 unspecified atom stereocenters. The largest absolute Gasteiger partial charge is 0.380 e. The van der Waals surface area contributed by atoms with Gasteiger partial charge in [0.2, 0.25) is 0 Å². The van der Waals surface area contributed by atoms with Crippen molar-refractivity contribution in [1.82, 2.24) is 0 Å². The minimum atomic E-state index is -1.21. The highest BCUT2D eigenvalue weighted by molar-refractivity contribution is 7.98. The van der Waals surface area contributed by atoms with Crippen LogP contribution >= 0.6 is 23.4 Å². The van der Waals surface area contributed by atoms with Gasteiger partial charge in [-0.1, -0.05) is 72.3 Å². The lowest BCUT2D eigenvalue weighted by Crippen LogP contribution is -2.12. The third-order valence-electron chi connectivity index (χ3n) is 3.82. The molecule has 25 heavy (non-hydrogen) atoms. The first-order valence-electron chi connectivity index (χ1n) is 7.88. The molecule has 2 nitrogen and oxygen atoms in total. The van der Waals surface area contributed by atoms with Gasteiger partial charge in [-0.25, -0.2) is 0 Å². The summed E-state index contributed by atoms with van der Waals surface area (Å²) in [6.45, 7) is 0. The van der Waals surface area contributed by atoms with Gasteiger partial charge in [0, 0.05) is 16.2 Å². The maximum absolute atomic E-state index is 12.5. The van der Waals surface area contributed by atoms with E-state index in [2.05, 4.69) is 12.1 Å². The summed E-state index contributed by atoms with van der Waals surface area (Å²) in [5, 5.41) is 10.6. The van der Waals surface area contributed by atoms with Gasteiger partial charge >= 0.3 is 0 Å². The second kappa shape index (κ2) is 8.34. The Morgan fingerprint density at radius 3 is 2.24 bits per heavy atom. The van der Waals surface area contributed by atoms with Crippen molar-refractivity contribution in [2.45, 2.75) is 16.8 Å². The Kier molecular flexibility index (Phi) is 5.92. The van der Waals surface area contributed by atoms with Crippen LogP contribution in [0.25, 0.3) is 0 Å². The molecule has 0 aromatic heterocycles. The number of hydrogen-bond acceptors (Lipinski definition) is 3. The summed E-state index contributed by atoms with van der Waals surface area (Å²) in [6.07, 6.45) is -1.21. The van der Waals surface area contributed by atoms with E-state index in [1.807, 2.05) is 30.3 Å². The van der Waals surface area contributed by atoms with Crippen LogP contribution in [-0.2, 0) is 5.75 Å². The molecule has 3 aromatic carbocycles. The van der Waals surface area contributed by atoms with Crippen LogP contribution in [0.5, 0.6) is 0 Å². The number of rotatable bonds is 6. The molecule has 0 aliphatic carbocycles. The molecule has 0 aliphatic heterocycles. The summed E-state index contributed by atoms with van der Waals surface area (Å²) < 4.78 is 0. The highest BCUT2D eigenvalue weighted by Crippen LogP contribution is 2.30. The Bertz CT molecular complexity index is 850. The first kappa shape index (κ1) is 17.7. The number of aliphatic hydroxyl groups excluding tert-OH is 1. The van der Waals surface area contributed by atoms with E-state index in [4.69, 9.17) is 11.6 Å². The summed E-state index contributed by atoms with van der Waals surface area (Å²) in [5.41, 5.74) is 2.12. The monoisotopic (exact) mass is 368 g/mol. The van der Waals surface area contributed by atoms with Gasteiger partial charge in [-0.3, -0.25) is 4.79 Å². The average Bonchev–Trinajstić information content (AvgIpc) is 2.67. The molecule has 1 atom stereocenters. The fourth-order valence-corrected chi connectivity index (χ4v) is 3.69. The van der Waals surface area contributed by atoms with Crippen molar-refractivity contribution < 1.29 is 9.90 Å². The minimum absolute atomic E-state index is 0.335. The van der Waals surface area contributed by atoms with E-state index >= 15 is 0 Å². The van der Waals surface area contributed by atoms with Crippen LogP contribution in [0, 0.1) is 0 Å². The Hall–Kier alpha value is -2.07. The van der Waals surface area contributed by atoms with E-state index < -0.39 is 11.9 Å². The van der Waals surface area contributed by atoms with Crippen molar-refractivity contribution in [3.8, 4) is 0 Å². The van der Waals surface area contributed by atoms with E-state index in [1.54, 1.807) is 48.2 Å². The van der Waals surface area contributed by atoms with Gasteiger partial charge in [-0.15, -0.1) is 11.8 Å². The third kappa shape index (κ3) is 4.51. The number of thioether (sulfide) groups is 1. The van der Waals surface area contributed by atoms with Crippen molar-refractivity contribution in [1.29, 1.82) is 0 Å². The molecule has 0 heterocycles. The van der Waals surface area contributed by atoms with Crippen LogP contribution in [-0.4, -0.2) is 10.9 Å². The van der Waals surface area contributed by atoms with Gasteiger partial charge in [0.25, 0.3) is 0 Å². The lowest BCUT2D eigenvalue weighted by molar-refractivity contribution is 0.0747. The van der Waals surface area contributed by atoms with Gasteiger partial charge in [0.1, 0.15) is 6.10 Å². The van der Waals surface area contributed by atoms with Gasteiger partial charge in [0.15, 0.2) is 5.78 Å². The SMILES string of the molecule is O=C(c1ccc(SCc2ccccc2)cc1Cl)C(O)c1ccccc1. The van der Waals surface area contributed by atoms with Crippen molar-refractivity contribution >= 4 is 29.1 Å². The molecule has 0 saturated carbocycles. The number of carbonyl (C=O) groups excluding carboxylic acids is 1. The highest BCUT2D eigenvalue weighted by atomic mass is 35.5. The summed E-state index contributed by atoms with van der Waals surface area (Å²) in [4.78, 5) is 13.5. The number of hydrogen-bond donors (Lipinski definition) is 1. The fraction of sp³-hybridized carbons (Fsp3) is 0.0952. The van der Waals surface area contributed by atoms with Crippen LogP contribution < -0.4 is 0 Å². The highest BCUT2D eigenvalue weighted by Gasteiger charge is 2.21. The van der Waals surface area contributed by atoms with Crippen LogP contribution in [0.3, 0.4) is 0 Å². The van der Waals surface area contributed by atoms with E-state index in [0.717, 1.165) is 10.6 Å². The van der Waals surface area contributed by atoms with Gasteiger partial charge < -0.3 is 5.11 Å². The number of aliphatic hydroxyl groups is 1. The molecule has 126 valence electrons. The van der Waals surface area contributed by atoms with E-state index in [9.17, 15) is 9.90 Å². The quantitative estimate of drug-likeness (QED) is 0.458. The molecule has 0 radical (unpaired) electrons. The first-order valence-corrected chi connectivity index (χ1v) is 9.25. The molecule has 3 rings (SSSR count). The van der Waals surface area contributed by atoms with E-state index in [0.29, 0.717) is 16.1 Å². The maximum Gasteiger partial charge on any atom is 0.197 e. The van der Waals surface area contributed by atoms with Crippen molar-refractivity contribution in [3.63, 3.8) is 0 Å². The smallest absolute Gasteiger partial charge is 0.197 e. The zero-order chi connectivity index (χ0) is 17.6. The Balaban J connectivity index is 1.72. The predicted octanol–water partition coefficient (Wildman–Crippen LogP) is 5.55. The second-order valence-corrected chi connectivity index (χ2v) is 7.05. The Morgan fingerprint density at radius 1 is 0.960 bits per heavy atom. The van der Waals surface area contributed by atoms with E-state index in [1.165, 1.54) is 5.56 Å². The first-order chi connectivity index (χ1) is 12.1. The Morgan fingerprint density at radius 2 is 1.60 bits per heavy atom. The van der Waals surface area contributed by atoms with Gasteiger partial charge in [0.05, 0.1) is 5.02 Å². The Labute approximate surface area is 156 Å². The van der Waals surface area contributed by atoms with Crippen LogP contribution in [0.1, 0.15) is 27.6 Å². The molecular weight excluding hydrogens is 352 g/mol. The average molecular weight is 369 g/mol. The summed E-state index contributed by atoms with van der Waals surface area (Å²) in [6, 6.07) is 24.3. The molecule has 0 bridgehead atoms. The standard InChI is InChI=1S/C21H17ClO2S/c22-19-13-17(25-14-15-7-3-1-4-8-15)11-12-18(19)21(24)20(23)16-9-5-2-6-10-16/h1-13,20,23H,14H2. The van der Waals surface area contributed by atoms with Crippen molar-refractivity contribution in [3.05, 3.63) is 101 Å². The fourth-order valence-electron chi connectivity index (χ4n) is 2.46. The van der Waals surface area contributed by atoms with Gasteiger partial charge in [-0.05, 0) is 29.3 Å². The molecule has 0 aliphatic rings. The number of benzene rings is 3. The van der Waals surface area contributed by atoms with Crippen LogP contribution in [0.15, 0.2) is 83.8 Å². The third-order valence-corrected chi connectivity index (χ3v) is 5.20. The van der Waals surface area contributed by atoms with Gasteiger partial charge in [-0.2, -0.15) is 0 Å². The lowest BCUT2D eigenvalue weighted by atomic mass is 10.00. The maximum atomic E-state index is 12.5. The topological polar surface area (TPSA) is 37.3 Å². The number of halogens is 1. The normalized spacial score (nSPS) is 11.9. The van der Waals surface area contributed by atoms with Crippen LogP contribution in [0.4, 0.5) is 0 Å². The summed E-state index contributed by atoms with van der Waals surface area (Å²) in [7, 11) is 0. The predicted molar refractivity (Wildman–Crippen MR) is 103 cm³/mol. The summed E-state index contributed by atoms with van der Waals surface area (Å²) in [5.74, 6) is 0.438. The second-order valence-electron chi connectivity index (χ2n) is 5.59. The molecule has 3 aromatic rings. The zero-order valence-electron chi connectivity index (χ0n) is 13.4. The van der Waals surface area contributed by atoms with Crippen LogP contribution in [0.2, 0.25) is 5.02 Å². The minimum Gasteiger partial charge on any atom is -0.380 e. The molecule has 0 spiro atoms. The number of ketones is 1. The number of carbonyl (C=O) groups is 1. The van der Waals surface area contributed by atoms with E-state index in [-0.39, 0.29) is 0 Å². The molecule has 1 N–H and O–H groups in total. The molecule has 0 saturated heterocycles. The lowest BCUT2D eigenvalue weighted by Gasteiger charge is -2.12.